The smallest absolute Gasteiger partial charge is 0.339 e. The van der Waals surface area contributed by atoms with Crippen molar-refractivity contribution >= 4 is 61.0 Å². The fourth-order valence-corrected chi connectivity index (χ4v) is 5.04. The van der Waals surface area contributed by atoms with Gasteiger partial charge in [-0.15, -0.1) is 0 Å². The van der Waals surface area contributed by atoms with Crippen molar-refractivity contribution in [3.8, 4) is 11.1 Å². The monoisotopic (exact) mass is 613 g/mol. The van der Waals surface area contributed by atoms with E-state index < -0.39 is 43.1 Å². The number of rotatable bonds is 8. The number of Topliss-reactive ketones (excluding diaryl/α,β-unsaturated/α-hetero) is 1. The zero-order chi connectivity index (χ0) is 31.6. The highest BCUT2D eigenvalue weighted by atomic mass is 32.2. The molecule has 0 atom stereocenters. The van der Waals surface area contributed by atoms with Crippen molar-refractivity contribution in [3.05, 3.63) is 118 Å². The SMILES string of the molecule is O=C(O)C1=C/C(=N/Nc2ccc(-c3ccc(N/N=C4\C=C(S(=O)(=O)O)c5ccccc5C4=O)cc3)c([N+](=O)[O-])c2)C=CC1=O. The Morgan fingerprint density at radius 3 is 2.16 bits per heavy atom. The molecule has 3 aromatic carbocycles. The molecule has 0 heterocycles. The number of fused-ring (bicyclic) bond motifs is 1. The lowest BCUT2D eigenvalue weighted by molar-refractivity contribution is -0.384. The summed E-state index contributed by atoms with van der Waals surface area (Å²) in [6.45, 7) is 0. The molecular formula is C29H19N5O9S. The van der Waals surface area contributed by atoms with Gasteiger partial charge in [0.1, 0.15) is 16.2 Å². The molecule has 220 valence electrons. The summed E-state index contributed by atoms with van der Waals surface area (Å²) in [6, 6.07) is 16.4. The number of benzene rings is 3. The Morgan fingerprint density at radius 1 is 0.841 bits per heavy atom. The molecule has 0 aromatic heterocycles. The number of hydrazone groups is 2. The molecule has 0 radical (unpaired) electrons. The van der Waals surface area contributed by atoms with Gasteiger partial charge in [0.2, 0.25) is 5.78 Å². The Hall–Kier alpha value is -6.06. The first kappa shape index (κ1) is 29.4. The van der Waals surface area contributed by atoms with Crippen LogP contribution in [0.4, 0.5) is 17.1 Å². The lowest BCUT2D eigenvalue weighted by Crippen LogP contribution is -2.22. The summed E-state index contributed by atoms with van der Waals surface area (Å²) in [5, 5.41) is 29.0. The number of nitro benzene ring substituents is 1. The Labute approximate surface area is 248 Å². The Kier molecular flexibility index (Phi) is 7.81. The maximum Gasteiger partial charge on any atom is 0.339 e. The van der Waals surface area contributed by atoms with E-state index in [-0.39, 0.29) is 39.5 Å². The van der Waals surface area contributed by atoms with Crippen LogP contribution in [-0.2, 0) is 19.7 Å². The quantitative estimate of drug-likeness (QED) is 0.0933. The summed E-state index contributed by atoms with van der Waals surface area (Å²) in [7, 11) is -4.65. The third kappa shape index (κ3) is 6.08. The van der Waals surface area contributed by atoms with Crippen LogP contribution in [-0.4, -0.2) is 52.0 Å². The Balaban J connectivity index is 1.36. The van der Waals surface area contributed by atoms with Gasteiger partial charge in [-0.2, -0.15) is 18.6 Å². The van der Waals surface area contributed by atoms with Crippen LogP contribution in [0.2, 0.25) is 0 Å². The Morgan fingerprint density at radius 2 is 1.50 bits per heavy atom. The Bertz CT molecular complexity index is 2030. The molecule has 4 N–H and O–H groups in total. The van der Waals surface area contributed by atoms with E-state index in [2.05, 4.69) is 21.1 Å². The van der Waals surface area contributed by atoms with Crippen LogP contribution in [0.5, 0.6) is 0 Å². The lowest BCUT2D eigenvalue weighted by Gasteiger charge is -2.16. The van der Waals surface area contributed by atoms with E-state index in [1.54, 1.807) is 30.3 Å². The fraction of sp³-hybridized carbons (Fsp3) is 0. The zero-order valence-electron chi connectivity index (χ0n) is 22.2. The van der Waals surface area contributed by atoms with Gasteiger partial charge in [0.15, 0.2) is 5.78 Å². The van der Waals surface area contributed by atoms with Crippen molar-refractivity contribution in [2.45, 2.75) is 0 Å². The number of carbonyl (C=O) groups is 3. The topological polar surface area (TPSA) is 218 Å². The molecule has 3 aromatic rings. The minimum Gasteiger partial charge on any atom is -0.478 e. The zero-order valence-corrected chi connectivity index (χ0v) is 23.0. The summed E-state index contributed by atoms with van der Waals surface area (Å²) in [5.74, 6) is -2.64. The molecule has 44 heavy (non-hydrogen) atoms. The molecule has 0 fully saturated rings. The molecule has 0 spiro atoms. The standard InChI is InChI=1S/C29H19N5O9S/c35-26-12-10-18(13-23(26)29(37)38)31-32-19-9-11-20(25(14-19)34(39)40)16-5-7-17(8-6-16)30-33-24-15-27(44(41,42)43)21-3-1-2-4-22(21)28(24)36/h1-15,30,32H,(H,37,38)(H,41,42,43)/b31-18+,33-24+. The molecule has 2 aliphatic rings. The fourth-order valence-electron chi connectivity index (χ4n) is 4.33. The first-order chi connectivity index (χ1) is 20.9. The summed E-state index contributed by atoms with van der Waals surface area (Å²) in [6.07, 6.45) is 4.40. The van der Waals surface area contributed by atoms with Gasteiger partial charge >= 0.3 is 5.97 Å². The maximum absolute atomic E-state index is 12.9. The number of aliphatic carboxylic acids is 1. The van der Waals surface area contributed by atoms with Crippen molar-refractivity contribution < 1.29 is 37.4 Å². The predicted molar refractivity (Wildman–Crippen MR) is 161 cm³/mol. The largest absolute Gasteiger partial charge is 0.478 e. The van der Waals surface area contributed by atoms with Gasteiger partial charge < -0.3 is 5.11 Å². The molecule has 0 saturated carbocycles. The van der Waals surface area contributed by atoms with Gasteiger partial charge in [0.05, 0.1) is 27.6 Å². The average Bonchev–Trinajstić information content (AvgIpc) is 3.00. The number of carboxylic acids is 1. The van der Waals surface area contributed by atoms with Gasteiger partial charge in [-0.05, 0) is 54.1 Å². The first-order valence-electron chi connectivity index (χ1n) is 12.5. The number of carbonyl (C=O) groups excluding carboxylic acids is 2. The van der Waals surface area contributed by atoms with Crippen molar-refractivity contribution in [1.29, 1.82) is 0 Å². The van der Waals surface area contributed by atoms with Gasteiger partial charge in [0, 0.05) is 17.2 Å². The third-order valence-electron chi connectivity index (χ3n) is 6.42. The molecular weight excluding hydrogens is 594 g/mol. The summed E-state index contributed by atoms with van der Waals surface area (Å²) < 4.78 is 33.5. The molecule has 0 unspecified atom stereocenters. The first-order valence-corrected chi connectivity index (χ1v) is 13.9. The molecule has 0 saturated heterocycles. The number of nitrogens with one attached hydrogen (secondary N) is 2. The highest BCUT2D eigenvalue weighted by Gasteiger charge is 2.30. The lowest BCUT2D eigenvalue weighted by atomic mass is 9.95. The van der Waals surface area contributed by atoms with E-state index in [9.17, 15) is 37.5 Å². The van der Waals surface area contributed by atoms with Crippen LogP contribution < -0.4 is 10.9 Å². The number of nitrogens with zero attached hydrogens (tertiary/aromatic N) is 3. The average molecular weight is 614 g/mol. The summed E-state index contributed by atoms with van der Waals surface area (Å²) >= 11 is 0. The van der Waals surface area contributed by atoms with Crippen LogP contribution >= 0.6 is 0 Å². The normalized spacial score (nSPS) is 16.3. The van der Waals surface area contributed by atoms with Gasteiger partial charge in [0.25, 0.3) is 15.8 Å². The molecule has 0 amide bonds. The van der Waals surface area contributed by atoms with Crippen LogP contribution in [0.25, 0.3) is 16.0 Å². The van der Waals surface area contributed by atoms with E-state index >= 15 is 0 Å². The number of hydrogen-bond acceptors (Lipinski definition) is 11. The van der Waals surface area contributed by atoms with Crippen LogP contribution in [0.3, 0.4) is 0 Å². The minimum absolute atomic E-state index is 0.0574. The maximum atomic E-state index is 12.9. The molecule has 0 bridgehead atoms. The van der Waals surface area contributed by atoms with Crippen molar-refractivity contribution in [2.24, 2.45) is 10.2 Å². The molecule has 5 rings (SSSR count). The van der Waals surface area contributed by atoms with Crippen molar-refractivity contribution in [1.82, 2.24) is 0 Å². The van der Waals surface area contributed by atoms with E-state index in [4.69, 9.17) is 5.11 Å². The van der Waals surface area contributed by atoms with Gasteiger partial charge in [-0.3, -0.25) is 35.1 Å². The van der Waals surface area contributed by atoms with E-state index in [0.29, 0.717) is 11.3 Å². The number of anilines is 2. The number of carboxylic acid groups (broad SMARTS) is 1. The minimum atomic E-state index is -4.65. The van der Waals surface area contributed by atoms with Crippen LogP contribution in [0.1, 0.15) is 15.9 Å². The van der Waals surface area contributed by atoms with Crippen molar-refractivity contribution in [3.63, 3.8) is 0 Å². The molecule has 15 heteroatoms. The molecule has 2 aliphatic carbocycles. The van der Waals surface area contributed by atoms with E-state index in [1.165, 1.54) is 42.5 Å². The number of allylic oxidation sites excluding steroid dienone is 4. The molecule has 0 aliphatic heterocycles. The second-order valence-electron chi connectivity index (χ2n) is 9.24. The van der Waals surface area contributed by atoms with Gasteiger partial charge in [-0.25, -0.2) is 4.79 Å². The van der Waals surface area contributed by atoms with Crippen LogP contribution in [0.15, 0.2) is 107 Å². The predicted octanol–water partition coefficient (Wildman–Crippen LogP) is 4.07. The number of ketones is 2. The number of nitro groups is 1. The third-order valence-corrected chi connectivity index (χ3v) is 7.31. The second kappa shape index (κ2) is 11.7. The summed E-state index contributed by atoms with van der Waals surface area (Å²) in [4.78, 5) is 46.5. The van der Waals surface area contributed by atoms with E-state index in [1.807, 2.05) is 0 Å². The van der Waals surface area contributed by atoms with Gasteiger partial charge in [-0.1, -0.05) is 36.4 Å². The van der Waals surface area contributed by atoms with Crippen molar-refractivity contribution in [2.75, 3.05) is 10.9 Å². The molecule has 14 nitrogen and oxygen atoms in total. The second-order valence-corrected chi connectivity index (χ2v) is 10.6. The highest BCUT2D eigenvalue weighted by molar-refractivity contribution is 7.95. The van der Waals surface area contributed by atoms with E-state index in [0.717, 1.165) is 18.2 Å². The highest BCUT2D eigenvalue weighted by Crippen LogP contribution is 2.33. The number of hydrogen-bond donors (Lipinski definition) is 4. The summed E-state index contributed by atoms with van der Waals surface area (Å²) in [5.41, 5.74) is 5.87. The van der Waals surface area contributed by atoms with Crippen LogP contribution in [0, 0.1) is 10.1 Å².